The van der Waals surface area contributed by atoms with Crippen molar-refractivity contribution in [1.29, 1.82) is 0 Å². The Bertz CT molecular complexity index is 540. The van der Waals surface area contributed by atoms with Crippen molar-refractivity contribution in [2.75, 3.05) is 0 Å². The zero-order valence-corrected chi connectivity index (χ0v) is 12.5. The van der Waals surface area contributed by atoms with E-state index >= 15 is 0 Å². The number of fused-ring (bicyclic) bond motifs is 1. The fourth-order valence-corrected chi connectivity index (χ4v) is 2.77. The Morgan fingerprint density at radius 3 is 2.62 bits per heavy atom. The van der Waals surface area contributed by atoms with Crippen molar-refractivity contribution in [3.05, 3.63) is 35.4 Å². The molecule has 1 aromatic rings. The smallest absolute Gasteiger partial charge is 0.315 e. The van der Waals surface area contributed by atoms with E-state index in [1.165, 1.54) is 11.1 Å². The van der Waals surface area contributed by atoms with E-state index in [0.29, 0.717) is 0 Å². The summed E-state index contributed by atoms with van der Waals surface area (Å²) in [6.07, 6.45) is 2.58. The Morgan fingerprint density at radius 1 is 1.29 bits per heavy atom. The van der Waals surface area contributed by atoms with E-state index in [4.69, 9.17) is 5.11 Å². The third-order valence-corrected chi connectivity index (χ3v) is 3.73. The molecule has 5 nitrogen and oxygen atoms in total. The first kappa shape index (κ1) is 15.4. The van der Waals surface area contributed by atoms with Gasteiger partial charge in [0.1, 0.15) is 0 Å². The van der Waals surface area contributed by atoms with Gasteiger partial charge >= 0.3 is 12.0 Å². The lowest BCUT2D eigenvalue weighted by molar-refractivity contribution is -0.138. The van der Waals surface area contributed by atoms with Gasteiger partial charge < -0.3 is 15.7 Å². The normalized spacial score (nSPS) is 17.7. The molecule has 2 amide bonds. The highest BCUT2D eigenvalue weighted by molar-refractivity contribution is 5.76. The summed E-state index contributed by atoms with van der Waals surface area (Å²) in [6.45, 7) is 3.41. The summed E-state index contributed by atoms with van der Waals surface area (Å²) in [5.41, 5.74) is 1.86. The number of carbonyl (C=O) groups excluding carboxylic acids is 1. The first-order chi connectivity index (χ1) is 9.85. The molecule has 0 bridgehead atoms. The van der Waals surface area contributed by atoms with Crippen LogP contribution in [0.2, 0.25) is 0 Å². The number of benzene rings is 1. The van der Waals surface area contributed by atoms with E-state index in [2.05, 4.69) is 22.8 Å². The molecule has 21 heavy (non-hydrogen) atoms. The molecule has 2 rings (SSSR count). The SMILES string of the molecule is CC(C)(CC(=O)O)NC(=O)NC1CCc2ccccc2C1. The van der Waals surface area contributed by atoms with Crippen LogP contribution in [-0.4, -0.2) is 28.7 Å². The van der Waals surface area contributed by atoms with Gasteiger partial charge in [0.15, 0.2) is 0 Å². The molecule has 1 aliphatic rings. The summed E-state index contributed by atoms with van der Waals surface area (Å²) in [7, 11) is 0. The molecule has 0 radical (unpaired) electrons. The number of nitrogens with one attached hydrogen (secondary N) is 2. The van der Waals surface area contributed by atoms with Crippen LogP contribution in [0.3, 0.4) is 0 Å². The highest BCUT2D eigenvalue weighted by Gasteiger charge is 2.26. The van der Waals surface area contributed by atoms with E-state index in [0.717, 1.165) is 19.3 Å². The van der Waals surface area contributed by atoms with Gasteiger partial charge in [-0.3, -0.25) is 4.79 Å². The summed E-state index contributed by atoms with van der Waals surface area (Å²) >= 11 is 0. The predicted molar refractivity (Wildman–Crippen MR) is 80.3 cm³/mol. The van der Waals surface area contributed by atoms with Crippen molar-refractivity contribution in [3.63, 3.8) is 0 Å². The Labute approximate surface area is 124 Å². The minimum Gasteiger partial charge on any atom is -0.481 e. The zero-order chi connectivity index (χ0) is 15.5. The van der Waals surface area contributed by atoms with Crippen LogP contribution in [0.1, 0.15) is 37.8 Å². The second-order valence-corrected chi connectivity index (χ2v) is 6.26. The molecule has 1 atom stereocenters. The standard InChI is InChI=1S/C16H22N2O3/c1-16(2,10-14(19)20)18-15(21)17-13-8-7-11-5-3-4-6-12(11)9-13/h3-6,13H,7-10H2,1-2H3,(H,19,20)(H2,17,18,21). The predicted octanol–water partition coefficient (Wildman–Crippen LogP) is 2.10. The molecule has 114 valence electrons. The summed E-state index contributed by atoms with van der Waals surface area (Å²) in [4.78, 5) is 22.8. The molecule has 0 aliphatic heterocycles. The summed E-state index contributed by atoms with van der Waals surface area (Å²) in [6, 6.07) is 8.06. The van der Waals surface area contributed by atoms with Crippen LogP contribution in [0.4, 0.5) is 4.79 Å². The average molecular weight is 290 g/mol. The van der Waals surface area contributed by atoms with Gasteiger partial charge in [0.05, 0.1) is 6.42 Å². The number of carboxylic acids is 1. The second-order valence-electron chi connectivity index (χ2n) is 6.26. The van der Waals surface area contributed by atoms with Gasteiger partial charge in [-0.15, -0.1) is 0 Å². The average Bonchev–Trinajstić information content (AvgIpc) is 2.36. The maximum atomic E-state index is 12.0. The number of carboxylic acid groups (broad SMARTS) is 1. The van der Waals surface area contributed by atoms with Crippen LogP contribution in [-0.2, 0) is 17.6 Å². The lowest BCUT2D eigenvalue weighted by atomic mass is 9.88. The molecular formula is C16H22N2O3. The second kappa shape index (κ2) is 6.16. The molecule has 1 unspecified atom stereocenters. The van der Waals surface area contributed by atoms with Crippen LogP contribution in [0, 0.1) is 0 Å². The summed E-state index contributed by atoms with van der Waals surface area (Å²) in [5.74, 6) is -0.924. The fraction of sp³-hybridized carbons (Fsp3) is 0.500. The number of hydrogen-bond donors (Lipinski definition) is 3. The maximum absolute atomic E-state index is 12.0. The molecule has 0 fully saturated rings. The molecule has 0 spiro atoms. The maximum Gasteiger partial charge on any atom is 0.315 e. The number of hydrogen-bond acceptors (Lipinski definition) is 2. The Kier molecular flexibility index (Phi) is 4.50. The van der Waals surface area contributed by atoms with Crippen molar-refractivity contribution in [2.45, 2.75) is 51.1 Å². The first-order valence-corrected chi connectivity index (χ1v) is 7.23. The van der Waals surface area contributed by atoms with Crippen molar-refractivity contribution in [3.8, 4) is 0 Å². The summed E-state index contributed by atoms with van der Waals surface area (Å²) < 4.78 is 0. The minimum atomic E-state index is -0.924. The fourth-order valence-electron chi connectivity index (χ4n) is 2.77. The van der Waals surface area contributed by atoms with E-state index in [1.807, 2.05) is 12.1 Å². The van der Waals surface area contributed by atoms with Crippen molar-refractivity contribution in [1.82, 2.24) is 10.6 Å². The van der Waals surface area contributed by atoms with Gasteiger partial charge in [0, 0.05) is 11.6 Å². The Hall–Kier alpha value is -2.04. The van der Waals surface area contributed by atoms with Gasteiger partial charge in [-0.2, -0.15) is 0 Å². The zero-order valence-electron chi connectivity index (χ0n) is 12.5. The van der Waals surface area contributed by atoms with Crippen LogP contribution < -0.4 is 10.6 Å². The van der Waals surface area contributed by atoms with Crippen molar-refractivity contribution < 1.29 is 14.7 Å². The van der Waals surface area contributed by atoms with Gasteiger partial charge in [0.2, 0.25) is 0 Å². The highest BCUT2D eigenvalue weighted by atomic mass is 16.4. The van der Waals surface area contributed by atoms with Gasteiger partial charge in [-0.25, -0.2) is 4.79 Å². The van der Waals surface area contributed by atoms with Crippen LogP contribution >= 0.6 is 0 Å². The van der Waals surface area contributed by atoms with Crippen LogP contribution in [0.15, 0.2) is 24.3 Å². The van der Waals surface area contributed by atoms with E-state index < -0.39 is 11.5 Å². The molecule has 3 N–H and O–H groups in total. The molecule has 1 aliphatic carbocycles. The van der Waals surface area contributed by atoms with Gasteiger partial charge in [0.25, 0.3) is 0 Å². The van der Waals surface area contributed by atoms with E-state index in [1.54, 1.807) is 13.8 Å². The topological polar surface area (TPSA) is 78.4 Å². The lowest BCUT2D eigenvalue weighted by Gasteiger charge is -2.29. The van der Waals surface area contributed by atoms with Crippen LogP contribution in [0.25, 0.3) is 0 Å². The molecule has 1 aromatic carbocycles. The number of aliphatic carboxylic acids is 1. The Morgan fingerprint density at radius 2 is 1.95 bits per heavy atom. The van der Waals surface area contributed by atoms with Crippen molar-refractivity contribution in [2.24, 2.45) is 0 Å². The number of urea groups is 1. The monoisotopic (exact) mass is 290 g/mol. The minimum absolute atomic E-state index is 0.0977. The van der Waals surface area contributed by atoms with Crippen LogP contribution in [0.5, 0.6) is 0 Å². The third-order valence-electron chi connectivity index (χ3n) is 3.73. The quantitative estimate of drug-likeness (QED) is 0.794. The lowest BCUT2D eigenvalue weighted by Crippen LogP contribution is -2.52. The first-order valence-electron chi connectivity index (χ1n) is 7.23. The Balaban J connectivity index is 1.88. The molecule has 0 saturated heterocycles. The van der Waals surface area contributed by atoms with Crippen molar-refractivity contribution >= 4 is 12.0 Å². The molecule has 5 heteroatoms. The third kappa shape index (κ3) is 4.48. The van der Waals surface area contributed by atoms with Gasteiger partial charge in [-0.05, 0) is 44.2 Å². The number of rotatable bonds is 4. The number of amides is 2. The van der Waals surface area contributed by atoms with Gasteiger partial charge in [-0.1, -0.05) is 24.3 Å². The molecule has 0 heterocycles. The number of carbonyl (C=O) groups is 2. The molecule has 0 aromatic heterocycles. The van der Waals surface area contributed by atoms with E-state index in [-0.39, 0.29) is 18.5 Å². The van der Waals surface area contributed by atoms with E-state index in [9.17, 15) is 9.59 Å². The summed E-state index contributed by atoms with van der Waals surface area (Å²) in [5, 5.41) is 14.5. The molecule has 0 saturated carbocycles. The molecular weight excluding hydrogens is 268 g/mol. The number of aryl methyl sites for hydroxylation is 1. The highest BCUT2D eigenvalue weighted by Crippen LogP contribution is 2.21. The largest absolute Gasteiger partial charge is 0.481 e.